The first kappa shape index (κ1) is 16.6. The van der Waals surface area contributed by atoms with Crippen LogP contribution < -0.4 is 4.74 Å². The summed E-state index contributed by atoms with van der Waals surface area (Å²) in [5.41, 5.74) is 2.47. The van der Waals surface area contributed by atoms with Gasteiger partial charge in [0.05, 0.1) is 18.7 Å². The van der Waals surface area contributed by atoms with E-state index in [0.29, 0.717) is 0 Å². The first-order valence-electron chi connectivity index (χ1n) is 9.92. The molecule has 0 spiro atoms. The number of benzene rings is 1. The van der Waals surface area contributed by atoms with E-state index in [1.807, 2.05) is 33.7 Å². The van der Waals surface area contributed by atoms with Gasteiger partial charge in [-0.3, -0.25) is 9.79 Å². The second-order valence-corrected chi connectivity index (χ2v) is 8.15. The topological polar surface area (TPSA) is 79.4 Å². The lowest BCUT2D eigenvalue weighted by Gasteiger charge is -2.41. The fourth-order valence-electron chi connectivity index (χ4n) is 5.14. The third-order valence-corrected chi connectivity index (χ3v) is 6.41. The molecule has 3 atom stereocenters. The first-order valence-corrected chi connectivity index (χ1v) is 9.92. The van der Waals surface area contributed by atoms with Gasteiger partial charge in [-0.2, -0.15) is 0 Å². The van der Waals surface area contributed by atoms with Crippen molar-refractivity contribution >= 4 is 17.6 Å². The molecule has 146 valence electrons. The predicted octanol–water partition coefficient (Wildman–Crippen LogP) is 3.02. The van der Waals surface area contributed by atoms with Crippen LogP contribution in [-0.2, 0) is 4.79 Å². The van der Waals surface area contributed by atoms with Gasteiger partial charge in [0, 0.05) is 30.6 Å². The smallest absolute Gasteiger partial charge is 0.266 e. The molecule has 1 N–H and O–H groups in total. The highest BCUT2D eigenvalue weighted by atomic mass is 16.5. The number of hydrogen-bond donors (Lipinski definition) is 1. The molecular formula is C22H20N4O3. The number of rotatable bonds is 3. The molecule has 0 aliphatic carbocycles. The number of phenolic OH excluding ortho intramolecular Hbond substituents is 1. The molecule has 7 heteroatoms. The fraction of sp³-hybridized carbons (Fsp3) is 0.318. The summed E-state index contributed by atoms with van der Waals surface area (Å²) in [6.07, 6.45) is 10.5. The number of carbonyl (C=O) groups is 1. The molecule has 2 bridgehead atoms. The Bertz CT molecular complexity index is 1150. The molecular weight excluding hydrogens is 368 g/mol. The van der Waals surface area contributed by atoms with Crippen LogP contribution in [0.25, 0.3) is 16.6 Å². The molecule has 2 saturated heterocycles. The normalized spacial score (nSPS) is 27.6. The lowest BCUT2D eigenvalue weighted by Crippen LogP contribution is -2.53. The van der Waals surface area contributed by atoms with Crippen LogP contribution in [0, 0.1) is 0 Å². The minimum atomic E-state index is -0.407. The molecule has 0 saturated carbocycles. The summed E-state index contributed by atoms with van der Waals surface area (Å²) in [6, 6.07) is 9.34. The molecule has 1 amide bonds. The lowest BCUT2D eigenvalue weighted by molar-refractivity contribution is -0.131. The Balaban J connectivity index is 1.35. The van der Waals surface area contributed by atoms with Crippen molar-refractivity contribution < 1.29 is 14.6 Å². The van der Waals surface area contributed by atoms with Crippen molar-refractivity contribution in [2.24, 2.45) is 4.99 Å². The standard InChI is InChI=1S/C22H20N4O3/c27-17-3-1-14(2-4-17)15-7-20(19-10-23-13-25(19)12-15)29-18-8-16-5-6-22(9-18)24-11-21(28)26(16)22/h1-4,7,10-13,16,18,27H,5-6,8-9H2/t16-,18-,22+/m1/s1. The van der Waals surface area contributed by atoms with Crippen molar-refractivity contribution in [3.63, 3.8) is 0 Å². The number of imidazole rings is 1. The summed E-state index contributed by atoms with van der Waals surface area (Å²) >= 11 is 0. The summed E-state index contributed by atoms with van der Waals surface area (Å²) in [5.74, 6) is 1.05. The van der Waals surface area contributed by atoms with Gasteiger partial charge < -0.3 is 19.1 Å². The summed E-state index contributed by atoms with van der Waals surface area (Å²) in [7, 11) is 0. The van der Waals surface area contributed by atoms with Crippen molar-refractivity contribution in [3.8, 4) is 22.6 Å². The maximum absolute atomic E-state index is 12.2. The van der Waals surface area contributed by atoms with Crippen molar-refractivity contribution in [3.05, 3.63) is 49.1 Å². The average Bonchev–Trinajstić information content (AvgIpc) is 3.37. The number of aromatic hydroxyl groups is 1. The van der Waals surface area contributed by atoms with E-state index in [0.717, 1.165) is 48.1 Å². The number of pyridine rings is 1. The molecule has 6 rings (SSSR count). The van der Waals surface area contributed by atoms with Gasteiger partial charge in [-0.1, -0.05) is 12.1 Å². The van der Waals surface area contributed by atoms with Gasteiger partial charge in [0.1, 0.15) is 28.8 Å². The number of ether oxygens (including phenoxy) is 1. The third kappa shape index (κ3) is 2.46. The van der Waals surface area contributed by atoms with E-state index < -0.39 is 5.66 Å². The molecule has 2 aromatic heterocycles. The highest BCUT2D eigenvalue weighted by molar-refractivity contribution is 6.28. The zero-order valence-corrected chi connectivity index (χ0v) is 15.7. The molecule has 3 aliphatic heterocycles. The number of aromatic nitrogens is 2. The van der Waals surface area contributed by atoms with Gasteiger partial charge in [-0.15, -0.1) is 0 Å². The molecule has 29 heavy (non-hydrogen) atoms. The number of aliphatic imine (C=N–C) groups is 1. The molecule has 0 radical (unpaired) electrons. The lowest BCUT2D eigenvalue weighted by atomic mass is 9.95. The number of amides is 1. The van der Waals surface area contributed by atoms with E-state index >= 15 is 0 Å². The monoisotopic (exact) mass is 388 g/mol. The summed E-state index contributed by atoms with van der Waals surface area (Å²) < 4.78 is 8.46. The SMILES string of the molecule is O=C1C=N[C@]23CC[C@H](C[C@@H](Oc4cc(-c5ccc(O)cc5)cn5cncc45)C2)N13. The summed E-state index contributed by atoms with van der Waals surface area (Å²) in [5, 5.41) is 9.58. The van der Waals surface area contributed by atoms with Crippen LogP contribution in [0.1, 0.15) is 25.7 Å². The maximum atomic E-state index is 12.2. The van der Waals surface area contributed by atoms with Gasteiger partial charge in [0.25, 0.3) is 5.91 Å². The van der Waals surface area contributed by atoms with Crippen molar-refractivity contribution in [1.29, 1.82) is 0 Å². The van der Waals surface area contributed by atoms with Gasteiger partial charge in [-0.05, 0) is 36.6 Å². The second kappa shape index (κ2) is 5.83. The number of nitrogens with zero attached hydrogens (tertiary/aromatic N) is 4. The van der Waals surface area contributed by atoms with E-state index in [4.69, 9.17) is 4.74 Å². The van der Waals surface area contributed by atoms with Crippen LogP contribution >= 0.6 is 0 Å². The number of phenols is 1. The minimum Gasteiger partial charge on any atom is -0.508 e. The largest absolute Gasteiger partial charge is 0.508 e. The van der Waals surface area contributed by atoms with E-state index in [1.165, 1.54) is 6.21 Å². The minimum absolute atomic E-state index is 0.00410. The molecule has 2 fully saturated rings. The van der Waals surface area contributed by atoms with E-state index in [9.17, 15) is 9.90 Å². The zero-order chi connectivity index (χ0) is 19.6. The quantitative estimate of drug-likeness (QED) is 0.748. The molecule has 7 nitrogen and oxygen atoms in total. The Morgan fingerprint density at radius 2 is 2.07 bits per heavy atom. The van der Waals surface area contributed by atoms with Crippen LogP contribution in [-0.4, -0.2) is 49.3 Å². The Labute approximate surface area is 167 Å². The van der Waals surface area contributed by atoms with Crippen LogP contribution in [0.4, 0.5) is 0 Å². The van der Waals surface area contributed by atoms with Gasteiger partial charge in [0.15, 0.2) is 0 Å². The van der Waals surface area contributed by atoms with E-state index in [2.05, 4.69) is 9.98 Å². The average molecular weight is 388 g/mol. The van der Waals surface area contributed by atoms with Crippen LogP contribution in [0.15, 0.2) is 54.0 Å². The van der Waals surface area contributed by atoms with Crippen LogP contribution in [0.5, 0.6) is 11.5 Å². The van der Waals surface area contributed by atoms with Crippen molar-refractivity contribution in [2.75, 3.05) is 0 Å². The number of hydrogen-bond acceptors (Lipinski definition) is 5. The Kier molecular flexibility index (Phi) is 3.33. The molecule has 3 aromatic rings. The van der Waals surface area contributed by atoms with Gasteiger partial charge >= 0.3 is 0 Å². The Morgan fingerprint density at radius 3 is 2.93 bits per heavy atom. The van der Waals surface area contributed by atoms with E-state index in [-0.39, 0.29) is 23.8 Å². The highest BCUT2D eigenvalue weighted by Crippen LogP contribution is 2.48. The molecule has 5 heterocycles. The third-order valence-electron chi connectivity index (χ3n) is 6.41. The highest BCUT2D eigenvalue weighted by Gasteiger charge is 2.56. The Hall–Kier alpha value is -3.35. The van der Waals surface area contributed by atoms with Gasteiger partial charge in [0.2, 0.25) is 0 Å². The van der Waals surface area contributed by atoms with Crippen molar-refractivity contribution in [1.82, 2.24) is 14.3 Å². The predicted molar refractivity (Wildman–Crippen MR) is 107 cm³/mol. The van der Waals surface area contributed by atoms with Crippen LogP contribution in [0.2, 0.25) is 0 Å². The zero-order valence-electron chi connectivity index (χ0n) is 15.7. The van der Waals surface area contributed by atoms with Crippen LogP contribution in [0.3, 0.4) is 0 Å². The van der Waals surface area contributed by atoms with Gasteiger partial charge in [-0.25, -0.2) is 4.98 Å². The molecule has 3 aliphatic rings. The van der Waals surface area contributed by atoms with Crippen molar-refractivity contribution in [2.45, 2.75) is 43.5 Å². The number of carbonyl (C=O) groups excluding carboxylic acids is 1. The fourth-order valence-corrected chi connectivity index (χ4v) is 5.14. The molecule has 1 aromatic carbocycles. The summed E-state index contributed by atoms with van der Waals surface area (Å²) in [6.45, 7) is 0. The summed E-state index contributed by atoms with van der Waals surface area (Å²) in [4.78, 5) is 23.0. The van der Waals surface area contributed by atoms with E-state index in [1.54, 1.807) is 24.7 Å². The molecule has 0 unspecified atom stereocenters. The number of fused-ring (bicyclic) bond motifs is 1. The maximum Gasteiger partial charge on any atom is 0.266 e. The Morgan fingerprint density at radius 1 is 1.21 bits per heavy atom. The first-order chi connectivity index (χ1) is 14.1. The number of piperidine rings is 1. The second-order valence-electron chi connectivity index (χ2n) is 8.15.